The van der Waals surface area contributed by atoms with Crippen LogP contribution in [0.5, 0.6) is 0 Å². The molecule has 0 radical (unpaired) electrons. The molecule has 0 aromatic carbocycles. The average molecular weight is 396 g/mol. The standard InChI is InChI=1S/C26H53NO/c1-3-5-7-9-11-13-14-15-16-17-18-20-22-24-26(28)27-25-23-21-19-12-10-8-6-4-2/h3-25H2,1-2H3,(H,27,28). The van der Waals surface area contributed by atoms with Crippen LogP contribution in [0.15, 0.2) is 0 Å². The lowest BCUT2D eigenvalue weighted by Gasteiger charge is -2.06. The van der Waals surface area contributed by atoms with Crippen molar-refractivity contribution in [3.8, 4) is 0 Å². The van der Waals surface area contributed by atoms with Gasteiger partial charge in [0.25, 0.3) is 0 Å². The number of hydrogen-bond acceptors (Lipinski definition) is 1. The summed E-state index contributed by atoms with van der Waals surface area (Å²) in [6.45, 7) is 5.43. The van der Waals surface area contributed by atoms with Gasteiger partial charge in [-0.15, -0.1) is 0 Å². The molecule has 0 heterocycles. The zero-order valence-electron chi connectivity index (χ0n) is 19.7. The number of carbonyl (C=O) groups is 1. The minimum Gasteiger partial charge on any atom is -0.356 e. The van der Waals surface area contributed by atoms with E-state index in [0.29, 0.717) is 0 Å². The maximum atomic E-state index is 11.8. The van der Waals surface area contributed by atoms with Gasteiger partial charge in [0.1, 0.15) is 0 Å². The molecule has 0 rings (SSSR count). The Morgan fingerprint density at radius 2 is 0.786 bits per heavy atom. The van der Waals surface area contributed by atoms with E-state index in [9.17, 15) is 4.79 Å². The van der Waals surface area contributed by atoms with Crippen molar-refractivity contribution in [2.45, 2.75) is 155 Å². The van der Waals surface area contributed by atoms with Gasteiger partial charge in [0.05, 0.1) is 0 Å². The van der Waals surface area contributed by atoms with Crippen LogP contribution in [0.25, 0.3) is 0 Å². The second kappa shape index (κ2) is 24.5. The number of nitrogens with one attached hydrogen (secondary N) is 1. The summed E-state index contributed by atoms with van der Waals surface area (Å²) in [5, 5.41) is 3.10. The Bertz CT molecular complexity index is 303. The normalized spacial score (nSPS) is 11.1. The highest BCUT2D eigenvalue weighted by Crippen LogP contribution is 2.13. The van der Waals surface area contributed by atoms with Crippen molar-refractivity contribution in [3.05, 3.63) is 0 Å². The highest BCUT2D eigenvalue weighted by atomic mass is 16.1. The Hall–Kier alpha value is -0.530. The van der Waals surface area contributed by atoms with Crippen LogP contribution in [-0.2, 0) is 4.79 Å². The van der Waals surface area contributed by atoms with Crippen LogP contribution in [0.1, 0.15) is 155 Å². The molecule has 0 aromatic rings. The van der Waals surface area contributed by atoms with Gasteiger partial charge in [-0.05, 0) is 12.8 Å². The fourth-order valence-electron chi connectivity index (χ4n) is 3.88. The molecule has 0 saturated heterocycles. The topological polar surface area (TPSA) is 29.1 Å². The molecule has 0 aliphatic heterocycles. The summed E-state index contributed by atoms with van der Waals surface area (Å²) < 4.78 is 0. The van der Waals surface area contributed by atoms with E-state index in [-0.39, 0.29) is 5.91 Å². The Balaban J connectivity index is 3.13. The van der Waals surface area contributed by atoms with Crippen LogP contribution >= 0.6 is 0 Å². The van der Waals surface area contributed by atoms with E-state index in [1.807, 2.05) is 0 Å². The molecule has 0 bridgehead atoms. The summed E-state index contributed by atoms with van der Waals surface area (Å²) in [5.74, 6) is 0.269. The van der Waals surface area contributed by atoms with Crippen molar-refractivity contribution in [1.82, 2.24) is 5.32 Å². The van der Waals surface area contributed by atoms with E-state index >= 15 is 0 Å². The minimum absolute atomic E-state index is 0.269. The van der Waals surface area contributed by atoms with Crippen molar-refractivity contribution >= 4 is 5.91 Å². The fourth-order valence-corrected chi connectivity index (χ4v) is 3.88. The summed E-state index contributed by atoms with van der Waals surface area (Å²) in [6, 6.07) is 0. The Labute approximate surface area is 178 Å². The Kier molecular flexibility index (Phi) is 24.0. The summed E-state index contributed by atoms with van der Waals surface area (Å²) in [4.78, 5) is 11.8. The highest BCUT2D eigenvalue weighted by Gasteiger charge is 2.00. The van der Waals surface area contributed by atoms with E-state index in [4.69, 9.17) is 0 Å². The smallest absolute Gasteiger partial charge is 0.219 e. The summed E-state index contributed by atoms with van der Waals surface area (Å²) in [6.07, 6.45) is 29.0. The largest absolute Gasteiger partial charge is 0.356 e. The zero-order valence-corrected chi connectivity index (χ0v) is 19.7. The first-order valence-electron chi connectivity index (χ1n) is 13.1. The molecule has 0 fully saturated rings. The van der Waals surface area contributed by atoms with E-state index in [0.717, 1.165) is 25.8 Å². The van der Waals surface area contributed by atoms with Crippen LogP contribution in [-0.4, -0.2) is 12.5 Å². The fraction of sp³-hybridized carbons (Fsp3) is 0.962. The van der Waals surface area contributed by atoms with E-state index in [1.165, 1.54) is 122 Å². The molecule has 168 valence electrons. The maximum absolute atomic E-state index is 11.8. The van der Waals surface area contributed by atoms with Gasteiger partial charge in [0.15, 0.2) is 0 Å². The first-order valence-corrected chi connectivity index (χ1v) is 13.1. The van der Waals surface area contributed by atoms with Crippen LogP contribution in [0.4, 0.5) is 0 Å². The lowest BCUT2D eigenvalue weighted by Crippen LogP contribution is -2.23. The monoisotopic (exact) mass is 395 g/mol. The number of carbonyl (C=O) groups excluding carboxylic acids is 1. The van der Waals surface area contributed by atoms with Crippen molar-refractivity contribution < 1.29 is 4.79 Å². The van der Waals surface area contributed by atoms with Crippen LogP contribution in [0.2, 0.25) is 0 Å². The number of hydrogen-bond donors (Lipinski definition) is 1. The molecule has 0 saturated carbocycles. The summed E-state index contributed by atoms with van der Waals surface area (Å²) >= 11 is 0. The van der Waals surface area contributed by atoms with Gasteiger partial charge in [0.2, 0.25) is 5.91 Å². The number of unbranched alkanes of at least 4 members (excludes halogenated alkanes) is 19. The van der Waals surface area contributed by atoms with Crippen LogP contribution in [0, 0.1) is 0 Å². The lowest BCUT2D eigenvalue weighted by molar-refractivity contribution is -0.121. The second-order valence-electron chi connectivity index (χ2n) is 8.82. The lowest BCUT2D eigenvalue weighted by atomic mass is 10.0. The molecule has 2 heteroatoms. The minimum atomic E-state index is 0.269. The Morgan fingerprint density at radius 3 is 1.18 bits per heavy atom. The van der Waals surface area contributed by atoms with Gasteiger partial charge in [-0.25, -0.2) is 0 Å². The molecule has 0 unspecified atom stereocenters. The first kappa shape index (κ1) is 27.5. The van der Waals surface area contributed by atoms with Gasteiger partial charge in [-0.3, -0.25) is 4.79 Å². The number of amides is 1. The molecule has 0 atom stereocenters. The van der Waals surface area contributed by atoms with Crippen LogP contribution in [0.3, 0.4) is 0 Å². The third-order valence-corrected chi connectivity index (χ3v) is 5.86. The molecule has 1 amide bonds. The molecule has 0 aliphatic rings. The third kappa shape index (κ3) is 23.5. The predicted octanol–water partition coefficient (Wildman–Crippen LogP) is 8.72. The van der Waals surface area contributed by atoms with Crippen molar-refractivity contribution in [2.24, 2.45) is 0 Å². The van der Waals surface area contributed by atoms with Crippen molar-refractivity contribution in [3.63, 3.8) is 0 Å². The van der Waals surface area contributed by atoms with Gasteiger partial charge in [0, 0.05) is 13.0 Å². The SMILES string of the molecule is CCCCCCCCCCCCCCCC(=O)NCCCCCCCCCC. The quantitative estimate of drug-likeness (QED) is 0.172. The van der Waals surface area contributed by atoms with Gasteiger partial charge in [-0.2, -0.15) is 0 Å². The second-order valence-corrected chi connectivity index (χ2v) is 8.82. The summed E-state index contributed by atoms with van der Waals surface area (Å²) in [7, 11) is 0. The van der Waals surface area contributed by atoms with E-state index in [2.05, 4.69) is 19.2 Å². The Morgan fingerprint density at radius 1 is 0.464 bits per heavy atom. The molecule has 0 spiro atoms. The van der Waals surface area contributed by atoms with E-state index < -0.39 is 0 Å². The average Bonchev–Trinajstić information content (AvgIpc) is 2.70. The maximum Gasteiger partial charge on any atom is 0.219 e. The van der Waals surface area contributed by atoms with Crippen molar-refractivity contribution in [1.29, 1.82) is 0 Å². The van der Waals surface area contributed by atoms with Crippen LogP contribution < -0.4 is 5.32 Å². The molecule has 28 heavy (non-hydrogen) atoms. The molecular weight excluding hydrogens is 342 g/mol. The van der Waals surface area contributed by atoms with Gasteiger partial charge in [-0.1, -0.05) is 136 Å². The molecule has 0 aliphatic carbocycles. The molecule has 0 aromatic heterocycles. The highest BCUT2D eigenvalue weighted by molar-refractivity contribution is 5.75. The van der Waals surface area contributed by atoms with Crippen molar-refractivity contribution in [2.75, 3.05) is 6.54 Å². The third-order valence-electron chi connectivity index (χ3n) is 5.86. The number of rotatable bonds is 23. The molecular formula is C26H53NO. The molecule has 1 N–H and O–H groups in total. The summed E-state index contributed by atoms with van der Waals surface area (Å²) in [5.41, 5.74) is 0. The van der Waals surface area contributed by atoms with E-state index in [1.54, 1.807) is 0 Å². The molecule has 2 nitrogen and oxygen atoms in total. The predicted molar refractivity (Wildman–Crippen MR) is 126 cm³/mol. The zero-order chi connectivity index (χ0) is 20.5. The van der Waals surface area contributed by atoms with Gasteiger partial charge >= 0.3 is 0 Å². The van der Waals surface area contributed by atoms with Gasteiger partial charge < -0.3 is 5.32 Å². The first-order chi connectivity index (χ1) is 13.8.